The van der Waals surface area contributed by atoms with Crippen molar-refractivity contribution >= 4 is 0 Å². The second-order valence-electron chi connectivity index (χ2n) is 4.15. The summed E-state index contributed by atoms with van der Waals surface area (Å²) in [6, 6.07) is 1.91. The number of hydrogen-bond acceptors (Lipinski definition) is 2. The summed E-state index contributed by atoms with van der Waals surface area (Å²) >= 11 is 0. The molecule has 3 unspecified atom stereocenters. The molecule has 3 atom stereocenters. The van der Waals surface area contributed by atoms with Crippen LogP contribution in [0.5, 0.6) is 0 Å². The summed E-state index contributed by atoms with van der Waals surface area (Å²) in [4.78, 5) is 2.49. The molecule has 1 rings (SSSR count). The van der Waals surface area contributed by atoms with Crippen LogP contribution in [0.4, 0.5) is 0 Å². The molecule has 0 radical (unpaired) electrons. The molecule has 0 amide bonds. The van der Waals surface area contributed by atoms with Gasteiger partial charge in [-0.25, -0.2) is 0 Å². The Bertz CT molecular complexity index is 136. The van der Waals surface area contributed by atoms with E-state index in [-0.39, 0.29) is 0 Å². The van der Waals surface area contributed by atoms with E-state index in [2.05, 4.69) is 25.8 Å². The van der Waals surface area contributed by atoms with Crippen LogP contribution in [0, 0.1) is 0 Å². The molecule has 0 heterocycles. The third-order valence-corrected chi connectivity index (χ3v) is 3.31. The molecule has 0 saturated heterocycles. The Balaban J connectivity index is 2.37. The molecule has 1 aliphatic carbocycles. The molecule has 2 heteroatoms. The van der Waals surface area contributed by atoms with E-state index in [1.54, 1.807) is 0 Å². The van der Waals surface area contributed by atoms with Crippen molar-refractivity contribution in [2.24, 2.45) is 5.73 Å². The van der Waals surface area contributed by atoms with E-state index >= 15 is 0 Å². The summed E-state index contributed by atoms with van der Waals surface area (Å²) in [5, 5.41) is 0. The van der Waals surface area contributed by atoms with Crippen LogP contribution in [0.2, 0.25) is 0 Å². The Morgan fingerprint density at radius 3 is 2.58 bits per heavy atom. The van der Waals surface area contributed by atoms with Crippen LogP contribution in [0.3, 0.4) is 0 Å². The highest BCUT2D eigenvalue weighted by Crippen LogP contribution is 2.23. The first-order valence-corrected chi connectivity index (χ1v) is 5.12. The van der Waals surface area contributed by atoms with Crippen LogP contribution in [0.25, 0.3) is 0 Å². The standard InChI is InChI=1S/C10H22N2/c1-4-8(2)12(3)10-6-5-9(11)7-10/h8-10H,4-7,11H2,1-3H3. The normalized spacial score (nSPS) is 32.8. The zero-order chi connectivity index (χ0) is 9.14. The predicted octanol–water partition coefficient (Wildman–Crippen LogP) is 1.60. The van der Waals surface area contributed by atoms with E-state index < -0.39 is 0 Å². The Labute approximate surface area is 76.1 Å². The van der Waals surface area contributed by atoms with Gasteiger partial charge in [-0.2, -0.15) is 0 Å². The van der Waals surface area contributed by atoms with E-state index in [0.717, 1.165) is 6.04 Å². The summed E-state index contributed by atoms with van der Waals surface area (Å²) in [5.41, 5.74) is 5.88. The van der Waals surface area contributed by atoms with Crippen molar-refractivity contribution in [2.45, 2.75) is 57.7 Å². The molecule has 2 nitrogen and oxygen atoms in total. The lowest BCUT2D eigenvalue weighted by molar-refractivity contribution is 0.181. The quantitative estimate of drug-likeness (QED) is 0.697. The fourth-order valence-electron chi connectivity index (χ4n) is 2.01. The number of hydrogen-bond donors (Lipinski definition) is 1. The third-order valence-electron chi connectivity index (χ3n) is 3.31. The summed E-state index contributed by atoms with van der Waals surface area (Å²) in [5.74, 6) is 0. The van der Waals surface area contributed by atoms with E-state index in [1.807, 2.05) is 0 Å². The van der Waals surface area contributed by atoms with Crippen LogP contribution < -0.4 is 5.73 Å². The molecule has 2 N–H and O–H groups in total. The van der Waals surface area contributed by atoms with Gasteiger partial charge in [-0.15, -0.1) is 0 Å². The van der Waals surface area contributed by atoms with Gasteiger partial charge in [0.05, 0.1) is 0 Å². The zero-order valence-corrected chi connectivity index (χ0v) is 8.59. The van der Waals surface area contributed by atoms with Crippen molar-refractivity contribution in [1.29, 1.82) is 0 Å². The molecule has 0 spiro atoms. The first-order chi connectivity index (χ1) is 5.65. The first-order valence-electron chi connectivity index (χ1n) is 5.12. The molecular formula is C10H22N2. The molecule has 0 aliphatic heterocycles. The fourth-order valence-corrected chi connectivity index (χ4v) is 2.01. The largest absolute Gasteiger partial charge is 0.328 e. The molecule has 12 heavy (non-hydrogen) atoms. The molecule has 1 aliphatic rings. The second-order valence-corrected chi connectivity index (χ2v) is 4.15. The molecule has 1 saturated carbocycles. The van der Waals surface area contributed by atoms with Gasteiger partial charge in [-0.05, 0) is 39.7 Å². The minimum atomic E-state index is 0.460. The van der Waals surface area contributed by atoms with E-state index in [4.69, 9.17) is 5.73 Å². The van der Waals surface area contributed by atoms with Crippen molar-refractivity contribution in [3.8, 4) is 0 Å². The van der Waals surface area contributed by atoms with Gasteiger partial charge in [0.25, 0.3) is 0 Å². The lowest BCUT2D eigenvalue weighted by Crippen LogP contribution is -2.37. The SMILES string of the molecule is CCC(C)N(C)C1CCC(N)C1. The number of rotatable bonds is 3. The maximum absolute atomic E-state index is 5.88. The maximum Gasteiger partial charge on any atom is 0.0110 e. The minimum absolute atomic E-state index is 0.460. The minimum Gasteiger partial charge on any atom is -0.328 e. The second kappa shape index (κ2) is 4.24. The van der Waals surface area contributed by atoms with Crippen LogP contribution >= 0.6 is 0 Å². The van der Waals surface area contributed by atoms with Gasteiger partial charge in [-0.3, -0.25) is 0 Å². The van der Waals surface area contributed by atoms with Crippen LogP contribution in [0.15, 0.2) is 0 Å². The fraction of sp³-hybridized carbons (Fsp3) is 1.00. The average molecular weight is 170 g/mol. The van der Waals surface area contributed by atoms with Crippen molar-refractivity contribution in [2.75, 3.05) is 7.05 Å². The van der Waals surface area contributed by atoms with E-state index in [1.165, 1.54) is 25.7 Å². The van der Waals surface area contributed by atoms with Crippen molar-refractivity contribution in [3.63, 3.8) is 0 Å². The van der Waals surface area contributed by atoms with E-state index in [0.29, 0.717) is 12.1 Å². The molecule has 1 fully saturated rings. The first kappa shape index (κ1) is 10.0. The lowest BCUT2D eigenvalue weighted by atomic mass is 10.1. The topological polar surface area (TPSA) is 29.3 Å². The molecular weight excluding hydrogens is 148 g/mol. The molecule has 0 aromatic rings. The molecule has 0 bridgehead atoms. The van der Waals surface area contributed by atoms with Crippen LogP contribution in [-0.4, -0.2) is 30.1 Å². The summed E-state index contributed by atoms with van der Waals surface area (Å²) in [7, 11) is 2.23. The smallest absolute Gasteiger partial charge is 0.0110 e. The van der Waals surface area contributed by atoms with Gasteiger partial charge >= 0.3 is 0 Å². The third kappa shape index (κ3) is 2.20. The predicted molar refractivity (Wildman–Crippen MR) is 53.1 cm³/mol. The van der Waals surface area contributed by atoms with Crippen molar-refractivity contribution < 1.29 is 0 Å². The Morgan fingerprint density at radius 2 is 2.17 bits per heavy atom. The van der Waals surface area contributed by atoms with Gasteiger partial charge in [0, 0.05) is 18.1 Å². The lowest BCUT2D eigenvalue weighted by Gasteiger charge is -2.29. The van der Waals surface area contributed by atoms with Crippen molar-refractivity contribution in [3.05, 3.63) is 0 Å². The van der Waals surface area contributed by atoms with Gasteiger partial charge < -0.3 is 10.6 Å². The molecule has 72 valence electrons. The van der Waals surface area contributed by atoms with Gasteiger partial charge in [0.1, 0.15) is 0 Å². The average Bonchev–Trinajstić information content (AvgIpc) is 2.49. The molecule has 0 aromatic heterocycles. The number of nitrogens with two attached hydrogens (primary N) is 1. The summed E-state index contributed by atoms with van der Waals surface area (Å²) in [6.45, 7) is 4.54. The van der Waals surface area contributed by atoms with Gasteiger partial charge in [-0.1, -0.05) is 6.92 Å². The zero-order valence-electron chi connectivity index (χ0n) is 8.59. The Kier molecular flexibility index (Phi) is 3.53. The Morgan fingerprint density at radius 1 is 1.50 bits per heavy atom. The van der Waals surface area contributed by atoms with E-state index in [9.17, 15) is 0 Å². The summed E-state index contributed by atoms with van der Waals surface area (Å²) in [6.07, 6.45) is 4.94. The maximum atomic E-state index is 5.88. The van der Waals surface area contributed by atoms with Crippen LogP contribution in [-0.2, 0) is 0 Å². The highest BCUT2D eigenvalue weighted by molar-refractivity contribution is 4.85. The monoisotopic (exact) mass is 170 g/mol. The summed E-state index contributed by atoms with van der Waals surface area (Å²) < 4.78 is 0. The molecule has 0 aromatic carbocycles. The van der Waals surface area contributed by atoms with Crippen LogP contribution in [0.1, 0.15) is 39.5 Å². The van der Waals surface area contributed by atoms with Gasteiger partial charge in [0.15, 0.2) is 0 Å². The van der Waals surface area contributed by atoms with Gasteiger partial charge in [0.2, 0.25) is 0 Å². The highest BCUT2D eigenvalue weighted by Gasteiger charge is 2.26. The van der Waals surface area contributed by atoms with Crippen molar-refractivity contribution in [1.82, 2.24) is 4.90 Å². The Hall–Kier alpha value is -0.0800. The highest BCUT2D eigenvalue weighted by atomic mass is 15.2. The number of nitrogens with zero attached hydrogens (tertiary/aromatic N) is 1.